The van der Waals surface area contributed by atoms with Gasteiger partial charge in [0.15, 0.2) is 0 Å². The topological polar surface area (TPSA) is 36.4 Å². The van der Waals surface area contributed by atoms with Crippen molar-refractivity contribution in [3.63, 3.8) is 0 Å². The summed E-state index contributed by atoms with van der Waals surface area (Å²) >= 11 is 0. The van der Waals surface area contributed by atoms with Crippen molar-refractivity contribution in [1.82, 2.24) is 9.88 Å². The minimum absolute atomic E-state index is 0.0652. The summed E-state index contributed by atoms with van der Waals surface area (Å²) < 4.78 is 38.6. The third kappa shape index (κ3) is 3.20. The molecule has 0 bridgehead atoms. The number of likely N-dealkylation sites (N-methyl/N-ethyl adjacent to an activating group) is 1. The Balaban J connectivity index is 2.05. The van der Waals surface area contributed by atoms with Crippen LogP contribution < -0.4 is 4.90 Å². The van der Waals surface area contributed by atoms with E-state index in [0.717, 1.165) is 12.5 Å². The van der Waals surface area contributed by atoms with Gasteiger partial charge in [-0.25, -0.2) is 4.98 Å². The predicted octanol–water partition coefficient (Wildman–Crippen LogP) is 2.16. The van der Waals surface area contributed by atoms with Crippen LogP contribution in [0.3, 0.4) is 0 Å². The van der Waals surface area contributed by atoms with Crippen LogP contribution in [0.1, 0.15) is 18.4 Å². The van der Waals surface area contributed by atoms with E-state index in [0.29, 0.717) is 26.1 Å². The largest absolute Gasteiger partial charge is 0.419 e. The second-order valence-corrected chi connectivity index (χ2v) is 4.78. The van der Waals surface area contributed by atoms with E-state index in [9.17, 15) is 18.0 Å². The summed E-state index contributed by atoms with van der Waals surface area (Å²) in [5, 5.41) is 0. The van der Waals surface area contributed by atoms with E-state index in [2.05, 4.69) is 4.98 Å². The zero-order chi connectivity index (χ0) is 14.8. The number of likely N-dealkylation sites (tertiary alicyclic amines) is 1. The molecule has 0 N–H and O–H groups in total. The number of rotatable bonds is 4. The Morgan fingerprint density at radius 3 is 2.80 bits per heavy atom. The van der Waals surface area contributed by atoms with E-state index < -0.39 is 11.7 Å². The lowest BCUT2D eigenvalue weighted by atomic mass is 10.2. The van der Waals surface area contributed by atoms with Gasteiger partial charge in [-0.3, -0.25) is 4.79 Å². The van der Waals surface area contributed by atoms with Gasteiger partial charge in [0, 0.05) is 39.3 Å². The summed E-state index contributed by atoms with van der Waals surface area (Å²) in [6.07, 6.45) is -1.75. The van der Waals surface area contributed by atoms with E-state index in [1.165, 1.54) is 17.2 Å². The number of carbonyl (C=O) groups excluding carboxylic acids is 1. The number of hydrogen-bond acceptors (Lipinski definition) is 3. The van der Waals surface area contributed by atoms with Gasteiger partial charge >= 0.3 is 6.18 Å². The first kappa shape index (κ1) is 14.6. The molecule has 1 aromatic heterocycles. The summed E-state index contributed by atoms with van der Waals surface area (Å²) in [6.45, 7) is 1.43. The molecule has 2 heterocycles. The van der Waals surface area contributed by atoms with E-state index in [1.54, 1.807) is 11.9 Å². The van der Waals surface area contributed by atoms with E-state index >= 15 is 0 Å². The molecule has 0 radical (unpaired) electrons. The average Bonchev–Trinajstić information content (AvgIpc) is 2.80. The third-order valence-corrected chi connectivity index (χ3v) is 3.33. The van der Waals surface area contributed by atoms with Crippen LogP contribution in [0.4, 0.5) is 19.0 Å². The number of amides is 1. The van der Waals surface area contributed by atoms with Crippen molar-refractivity contribution in [2.24, 2.45) is 0 Å². The van der Waals surface area contributed by atoms with Gasteiger partial charge in [-0.05, 0) is 18.6 Å². The third-order valence-electron chi connectivity index (χ3n) is 3.33. The number of hydrogen-bond donors (Lipinski definition) is 0. The molecule has 1 aliphatic rings. The highest BCUT2D eigenvalue weighted by molar-refractivity contribution is 5.78. The highest BCUT2D eigenvalue weighted by Crippen LogP contribution is 2.34. The Morgan fingerprint density at radius 2 is 2.20 bits per heavy atom. The molecule has 0 atom stereocenters. The quantitative estimate of drug-likeness (QED) is 0.851. The molecule has 0 aliphatic carbocycles. The molecule has 110 valence electrons. The lowest BCUT2D eigenvalue weighted by Gasteiger charge is -2.24. The van der Waals surface area contributed by atoms with E-state index in [4.69, 9.17) is 0 Å². The Bertz CT molecular complexity index is 490. The molecule has 1 fully saturated rings. The molecule has 0 saturated carbocycles. The van der Waals surface area contributed by atoms with Gasteiger partial charge in [0.1, 0.15) is 5.82 Å². The molecule has 0 spiro atoms. The van der Waals surface area contributed by atoms with Crippen LogP contribution in [0.25, 0.3) is 0 Å². The monoisotopic (exact) mass is 287 g/mol. The summed E-state index contributed by atoms with van der Waals surface area (Å²) in [6, 6.07) is 2.28. The number of aromatic nitrogens is 1. The molecule has 20 heavy (non-hydrogen) atoms. The van der Waals surface area contributed by atoms with Crippen molar-refractivity contribution in [1.29, 1.82) is 0 Å². The normalized spacial score (nSPS) is 15.8. The fraction of sp³-hybridized carbons (Fsp3) is 0.538. The van der Waals surface area contributed by atoms with Gasteiger partial charge < -0.3 is 9.80 Å². The minimum Gasteiger partial charge on any atom is -0.357 e. The second kappa shape index (κ2) is 5.68. The first-order chi connectivity index (χ1) is 9.39. The van der Waals surface area contributed by atoms with Crippen molar-refractivity contribution in [3.8, 4) is 0 Å². The summed E-state index contributed by atoms with van der Waals surface area (Å²) in [5.74, 6) is -0.0397. The molecular formula is C13H16F3N3O. The summed E-state index contributed by atoms with van der Waals surface area (Å²) in [7, 11) is 1.55. The molecular weight excluding hydrogens is 271 g/mol. The Hall–Kier alpha value is -1.79. The van der Waals surface area contributed by atoms with Crippen LogP contribution in [0.15, 0.2) is 18.3 Å². The van der Waals surface area contributed by atoms with Gasteiger partial charge in [-0.1, -0.05) is 0 Å². The number of alkyl halides is 3. The maximum Gasteiger partial charge on any atom is 0.419 e. The standard InChI is InChI=1S/C13H16F3N3O/c1-18(8-9-19-7-3-5-11(19)20)12-10(13(14,15)16)4-2-6-17-12/h2,4,6H,3,5,7-9H2,1H3. The highest BCUT2D eigenvalue weighted by Gasteiger charge is 2.35. The lowest BCUT2D eigenvalue weighted by Crippen LogP contribution is -2.35. The zero-order valence-electron chi connectivity index (χ0n) is 11.2. The molecule has 1 saturated heterocycles. The lowest BCUT2D eigenvalue weighted by molar-refractivity contribution is -0.137. The van der Waals surface area contributed by atoms with Crippen molar-refractivity contribution in [2.75, 3.05) is 31.6 Å². The van der Waals surface area contributed by atoms with Crippen LogP contribution in [0.2, 0.25) is 0 Å². The SMILES string of the molecule is CN(CCN1CCCC1=O)c1ncccc1C(F)(F)F. The predicted molar refractivity (Wildman–Crippen MR) is 68.3 cm³/mol. The molecule has 0 aromatic carbocycles. The second-order valence-electron chi connectivity index (χ2n) is 4.78. The highest BCUT2D eigenvalue weighted by atomic mass is 19.4. The van der Waals surface area contributed by atoms with E-state index in [-0.39, 0.29) is 11.7 Å². The molecule has 7 heteroatoms. The van der Waals surface area contributed by atoms with Crippen molar-refractivity contribution >= 4 is 11.7 Å². The maximum absolute atomic E-state index is 12.9. The van der Waals surface area contributed by atoms with Gasteiger partial charge in [0.05, 0.1) is 5.56 Å². The minimum atomic E-state index is -4.43. The van der Waals surface area contributed by atoms with Crippen LogP contribution in [-0.2, 0) is 11.0 Å². The Labute approximate surface area is 115 Å². The molecule has 4 nitrogen and oxygen atoms in total. The summed E-state index contributed by atoms with van der Waals surface area (Å²) in [4.78, 5) is 18.4. The van der Waals surface area contributed by atoms with Gasteiger partial charge in [0.25, 0.3) is 0 Å². The number of nitrogens with zero attached hydrogens (tertiary/aromatic N) is 3. The maximum atomic E-state index is 12.9. The van der Waals surface area contributed by atoms with Crippen LogP contribution in [0, 0.1) is 0 Å². The Morgan fingerprint density at radius 1 is 1.45 bits per heavy atom. The first-order valence-electron chi connectivity index (χ1n) is 6.40. The molecule has 1 aromatic rings. The Kier molecular flexibility index (Phi) is 4.15. The van der Waals surface area contributed by atoms with Crippen molar-refractivity contribution in [2.45, 2.75) is 19.0 Å². The first-order valence-corrected chi connectivity index (χ1v) is 6.40. The molecule has 1 amide bonds. The smallest absolute Gasteiger partial charge is 0.357 e. The number of anilines is 1. The van der Waals surface area contributed by atoms with Crippen LogP contribution in [-0.4, -0.2) is 42.5 Å². The average molecular weight is 287 g/mol. The van der Waals surface area contributed by atoms with Crippen LogP contribution >= 0.6 is 0 Å². The van der Waals surface area contributed by atoms with Gasteiger partial charge in [-0.2, -0.15) is 13.2 Å². The fourth-order valence-corrected chi connectivity index (χ4v) is 2.24. The molecule has 0 unspecified atom stereocenters. The van der Waals surface area contributed by atoms with Crippen molar-refractivity contribution < 1.29 is 18.0 Å². The zero-order valence-corrected chi connectivity index (χ0v) is 11.2. The van der Waals surface area contributed by atoms with E-state index in [1.807, 2.05) is 0 Å². The number of halogens is 3. The molecule has 1 aliphatic heterocycles. The van der Waals surface area contributed by atoms with Crippen molar-refractivity contribution in [3.05, 3.63) is 23.9 Å². The van der Waals surface area contributed by atoms with Gasteiger partial charge in [-0.15, -0.1) is 0 Å². The fourth-order valence-electron chi connectivity index (χ4n) is 2.24. The van der Waals surface area contributed by atoms with Gasteiger partial charge in [0.2, 0.25) is 5.91 Å². The van der Waals surface area contributed by atoms with Crippen LogP contribution in [0.5, 0.6) is 0 Å². The number of pyridine rings is 1. The molecule has 2 rings (SSSR count). The number of carbonyl (C=O) groups is 1. The summed E-state index contributed by atoms with van der Waals surface area (Å²) in [5.41, 5.74) is -0.754.